The standard InChI is InChI=1S/C22H27ClN2O2/c1-4-21(27-19-10-8-18(23)9-11-19)22(26)25-14-12-24(13-15-25)20-7-5-6-16(2)17(20)3/h5-11,21H,4,12-15H2,1-3H3/t21-/m0/s1. The second-order valence-corrected chi connectivity index (χ2v) is 7.44. The summed E-state index contributed by atoms with van der Waals surface area (Å²) >= 11 is 5.92. The highest BCUT2D eigenvalue weighted by Gasteiger charge is 2.28. The average molecular weight is 387 g/mol. The molecule has 1 heterocycles. The molecule has 1 aliphatic rings. The van der Waals surface area contributed by atoms with Gasteiger partial charge in [0.15, 0.2) is 6.10 Å². The molecule has 27 heavy (non-hydrogen) atoms. The largest absolute Gasteiger partial charge is 0.481 e. The summed E-state index contributed by atoms with van der Waals surface area (Å²) < 4.78 is 5.92. The van der Waals surface area contributed by atoms with Crippen molar-refractivity contribution in [2.24, 2.45) is 0 Å². The smallest absolute Gasteiger partial charge is 0.263 e. The first-order valence-corrected chi connectivity index (χ1v) is 9.89. The third-order valence-electron chi connectivity index (χ3n) is 5.25. The van der Waals surface area contributed by atoms with Crippen molar-refractivity contribution < 1.29 is 9.53 Å². The van der Waals surface area contributed by atoms with Crippen molar-refractivity contribution in [3.05, 3.63) is 58.6 Å². The number of anilines is 1. The molecule has 2 aromatic carbocycles. The molecule has 1 saturated heterocycles. The van der Waals surface area contributed by atoms with Crippen LogP contribution in [0.2, 0.25) is 5.02 Å². The van der Waals surface area contributed by atoms with Crippen LogP contribution in [-0.4, -0.2) is 43.1 Å². The summed E-state index contributed by atoms with van der Waals surface area (Å²) in [6.07, 6.45) is 0.178. The second kappa shape index (κ2) is 8.66. The molecule has 4 nitrogen and oxygen atoms in total. The van der Waals surface area contributed by atoms with E-state index in [1.165, 1.54) is 16.8 Å². The van der Waals surface area contributed by atoms with E-state index in [2.05, 4.69) is 36.9 Å². The van der Waals surface area contributed by atoms with Crippen LogP contribution in [0.3, 0.4) is 0 Å². The van der Waals surface area contributed by atoms with Gasteiger partial charge in [-0.1, -0.05) is 30.7 Å². The van der Waals surface area contributed by atoms with E-state index in [0.717, 1.165) is 13.1 Å². The van der Waals surface area contributed by atoms with Crippen molar-refractivity contribution in [1.82, 2.24) is 4.90 Å². The number of carbonyl (C=O) groups excluding carboxylic acids is 1. The van der Waals surface area contributed by atoms with Gasteiger partial charge in [0.25, 0.3) is 5.91 Å². The van der Waals surface area contributed by atoms with Crippen molar-refractivity contribution in [1.29, 1.82) is 0 Å². The summed E-state index contributed by atoms with van der Waals surface area (Å²) in [6, 6.07) is 13.6. The SMILES string of the molecule is CC[C@H](Oc1ccc(Cl)cc1)C(=O)N1CCN(c2cccc(C)c2C)CC1. The molecule has 0 bridgehead atoms. The fraction of sp³-hybridized carbons (Fsp3) is 0.409. The summed E-state index contributed by atoms with van der Waals surface area (Å²) in [4.78, 5) is 17.2. The average Bonchev–Trinajstić information content (AvgIpc) is 2.69. The molecule has 1 amide bonds. The Kier molecular flexibility index (Phi) is 6.27. The van der Waals surface area contributed by atoms with E-state index in [4.69, 9.17) is 16.3 Å². The van der Waals surface area contributed by atoms with Crippen molar-refractivity contribution in [3.8, 4) is 5.75 Å². The molecule has 0 saturated carbocycles. The number of ether oxygens (including phenoxy) is 1. The van der Waals surface area contributed by atoms with Crippen LogP contribution < -0.4 is 9.64 Å². The number of halogens is 1. The Balaban J connectivity index is 1.61. The number of rotatable bonds is 5. The number of hydrogen-bond donors (Lipinski definition) is 0. The van der Waals surface area contributed by atoms with Crippen molar-refractivity contribution >= 4 is 23.2 Å². The van der Waals surface area contributed by atoms with Crippen LogP contribution in [0, 0.1) is 13.8 Å². The second-order valence-electron chi connectivity index (χ2n) is 7.00. The Bertz CT molecular complexity index is 783. The summed E-state index contributed by atoms with van der Waals surface area (Å²) in [6.45, 7) is 9.39. The lowest BCUT2D eigenvalue weighted by atomic mass is 10.1. The zero-order chi connectivity index (χ0) is 19.4. The first kappa shape index (κ1) is 19.6. The van der Waals surface area contributed by atoms with Crippen LogP contribution in [0.25, 0.3) is 0 Å². The maximum Gasteiger partial charge on any atom is 0.263 e. The molecule has 2 aromatic rings. The number of piperazine rings is 1. The van der Waals surface area contributed by atoms with Gasteiger partial charge < -0.3 is 14.5 Å². The predicted octanol–water partition coefficient (Wildman–Crippen LogP) is 4.46. The molecule has 5 heteroatoms. The van der Waals surface area contributed by atoms with Crippen LogP contribution in [0.5, 0.6) is 5.75 Å². The van der Waals surface area contributed by atoms with Gasteiger partial charge in [-0.05, 0) is 61.7 Å². The van der Waals surface area contributed by atoms with Crippen molar-refractivity contribution in [2.75, 3.05) is 31.1 Å². The monoisotopic (exact) mass is 386 g/mol. The van der Waals surface area contributed by atoms with Crippen LogP contribution >= 0.6 is 11.6 Å². The predicted molar refractivity (Wildman–Crippen MR) is 111 cm³/mol. The van der Waals surface area contributed by atoms with Crippen LogP contribution in [-0.2, 0) is 4.79 Å². The Morgan fingerprint density at radius 2 is 1.74 bits per heavy atom. The molecule has 0 aromatic heterocycles. The first-order valence-electron chi connectivity index (χ1n) is 9.51. The lowest BCUT2D eigenvalue weighted by Crippen LogP contribution is -2.52. The van der Waals surface area contributed by atoms with Gasteiger partial charge in [-0.25, -0.2) is 0 Å². The summed E-state index contributed by atoms with van der Waals surface area (Å²) in [7, 11) is 0. The number of benzene rings is 2. The van der Waals surface area contributed by atoms with E-state index >= 15 is 0 Å². The summed E-state index contributed by atoms with van der Waals surface area (Å²) in [5.74, 6) is 0.738. The molecule has 0 aliphatic carbocycles. The summed E-state index contributed by atoms with van der Waals surface area (Å²) in [5, 5.41) is 0.657. The van der Waals surface area contributed by atoms with E-state index in [1.807, 2.05) is 11.8 Å². The van der Waals surface area contributed by atoms with Gasteiger partial charge in [-0.3, -0.25) is 4.79 Å². The molecule has 0 spiro atoms. The molecular formula is C22H27ClN2O2. The zero-order valence-corrected chi connectivity index (χ0v) is 17.0. The minimum atomic E-state index is -0.460. The lowest BCUT2D eigenvalue weighted by molar-refractivity contribution is -0.139. The van der Waals surface area contributed by atoms with Crippen LogP contribution in [0.1, 0.15) is 24.5 Å². The fourth-order valence-electron chi connectivity index (χ4n) is 3.44. The molecular weight excluding hydrogens is 360 g/mol. The summed E-state index contributed by atoms with van der Waals surface area (Å²) in [5.41, 5.74) is 3.88. The Labute approximate surface area is 166 Å². The number of aryl methyl sites for hydroxylation is 1. The molecule has 0 radical (unpaired) electrons. The van der Waals surface area contributed by atoms with E-state index in [9.17, 15) is 4.79 Å². The molecule has 1 fully saturated rings. The Morgan fingerprint density at radius 3 is 2.37 bits per heavy atom. The van der Waals surface area contributed by atoms with E-state index in [0.29, 0.717) is 30.3 Å². The van der Waals surface area contributed by atoms with E-state index in [1.54, 1.807) is 24.3 Å². The minimum absolute atomic E-state index is 0.0630. The van der Waals surface area contributed by atoms with Gasteiger partial charge in [0.2, 0.25) is 0 Å². The van der Waals surface area contributed by atoms with Gasteiger partial charge in [0, 0.05) is 36.9 Å². The minimum Gasteiger partial charge on any atom is -0.481 e. The topological polar surface area (TPSA) is 32.8 Å². The quantitative estimate of drug-likeness (QED) is 0.760. The zero-order valence-electron chi connectivity index (χ0n) is 16.2. The number of amides is 1. The van der Waals surface area contributed by atoms with Crippen molar-refractivity contribution in [2.45, 2.75) is 33.3 Å². The van der Waals surface area contributed by atoms with Gasteiger partial charge >= 0.3 is 0 Å². The highest BCUT2D eigenvalue weighted by atomic mass is 35.5. The van der Waals surface area contributed by atoms with Crippen molar-refractivity contribution in [3.63, 3.8) is 0 Å². The highest BCUT2D eigenvalue weighted by molar-refractivity contribution is 6.30. The van der Waals surface area contributed by atoms with E-state index in [-0.39, 0.29) is 5.91 Å². The van der Waals surface area contributed by atoms with E-state index < -0.39 is 6.10 Å². The maximum atomic E-state index is 12.9. The Hall–Kier alpha value is -2.20. The first-order chi connectivity index (χ1) is 13.0. The molecule has 0 N–H and O–H groups in total. The van der Waals surface area contributed by atoms with Gasteiger partial charge in [-0.2, -0.15) is 0 Å². The third-order valence-corrected chi connectivity index (χ3v) is 5.50. The molecule has 3 rings (SSSR count). The van der Waals surface area contributed by atoms with Gasteiger partial charge in [-0.15, -0.1) is 0 Å². The fourth-order valence-corrected chi connectivity index (χ4v) is 3.56. The van der Waals surface area contributed by atoms with Crippen LogP contribution in [0.15, 0.2) is 42.5 Å². The normalized spacial score (nSPS) is 15.6. The maximum absolute atomic E-state index is 12.9. The third kappa shape index (κ3) is 4.56. The number of hydrogen-bond acceptors (Lipinski definition) is 3. The van der Waals surface area contributed by atoms with Crippen LogP contribution in [0.4, 0.5) is 5.69 Å². The number of nitrogens with zero attached hydrogens (tertiary/aromatic N) is 2. The molecule has 1 aliphatic heterocycles. The Morgan fingerprint density at radius 1 is 1.07 bits per heavy atom. The van der Waals surface area contributed by atoms with Gasteiger partial charge in [0.05, 0.1) is 0 Å². The molecule has 144 valence electrons. The number of carbonyl (C=O) groups is 1. The molecule has 1 atom stereocenters. The molecule has 0 unspecified atom stereocenters. The lowest BCUT2D eigenvalue weighted by Gasteiger charge is -2.38. The highest BCUT2D eigenvalue weighted by Crippen LogP contribution is 2.24. The van der Waals surface area contributed by atoms with Gasteiger partial charge in [0.1, 0.15) is 5.75 Å².